The predicted octanol–water partition coefficient (Wildman–Crippen LogP) is 1.05. The summed E-state index contributed by atoms with van der Waals surface area (Å²) in [5, 5.41) is 20.2. The molecule has 1 aromatic heterocycles. The van der Waals surface area contributed by atoms with Crippen molar-refractivity contribution in [3.63, 3.8) is 0 Å². The number of likely N-dealkylation sites (tertiary alicyclic amines) is 1. The van der Waals surface area contributed by atoms with Crippen LogP contribution in [0.4, 0.5) is 8.78 Å². The number of hydrogen-bond donors (Lipinski definition) is 2. The van der Waals surface area contributed by atoms with E-state index in [1.165, 1.54) is 4.90 Å². The molecule has 24 heavy (non-hydrogen) atoms. The Balaban J connectivity index is 1.65. The van der Waals surface area contributed by atoms with Crippen LogP contribution in [0.2, 0.25) is 0 Å². The summed E-state index contributed by atoms with van der Waals surface area (Å²) < 4.78 is 31.9. The molecule has 1 aliphatic heterocycles. The summed E-state index contributed by atoms with van der Waals surface area (Å²) in [5.74, 6) is -1.85. The van der Waals surface area contributed by atoms with Crippen LogP contribution in [0, 0.1) is 18.6 Å². The number of hydrogen-bond acceptors (Lipinski definition) is 5. The van der Waals surface area contributed by atoms with Crippen molar-refractivity contribution >= 4 is 5.91 Å². The summed E-state index contributed by atoms with van der Waals surface area (Å²) in [6.45, 7) is 2.01. The van der Waals surface area contributed by atoms with Gasteiger partial charge < -0.3 is 14.7 Å². The number of aryl methyl sites for hydroxylation is 1. The third-order valence-electron chi connectivity index (χ3n) is 3.86. The highest BCUT2D eigenvalue weighted by molar-refractivity contribution is 5.93. The summed E-state index contributed by atoms with van der Waals surface area (Å²) in [6.07, 6.45) is -1.32. The van der Waals surface area contributed by atoms with Gasteiger partial charge in [0.1, 0.15) is 29.6 Å². The smallest absolute Gasteiger partial charge is 0.276 e. The van der Waals surface area contributed by atoms with E-state index in [1.807, 2.05) is 0 Å². The van der Waals surface area contributed by atoms with Gasteiger partial charge in [0, 0.05) is 31.2 Å². The third kappa shape index (κ3) is 3.35. The van der Waals surface area contributed by atoms with E-state index in [9.17, 15) is 18.7 Å². The number of carbonyl (C=O) groups is 1. The van der Waals surface area contributed by atoms with Gasteiger partial charge in [0.15, 0.2) is 5.69 Å². The Bertz CT molecular complexity index is 732. The first-order valence-electron chi connectivity index (χ1n) is 7.41. The van der Waals surface area contributed by atoms with Crippen LogP contribution < -0.4 is 4.74 Å². The minimum Gasteiger partial charge on any atom is -0.487 e. The fourth-order valence-corrected chi connectivity index (χ4v) is 2.64. The van der Waals surface area contributed by atoms with E-state index in [1.54, 1.807) is 6.92 Å². The maximum atomic E-state index is 13.2. The number of halogens is 2. The lowest BCUT2D eigenvalue weighted by molar-refractivity contribution is -0.0202. The number of aromatic amines is 1. The standard InChI is InChI=1S/C15H16F2N4O3/c1-8-14(19-20-18-8)15(23)21-3-2-13(12(22)7-21)24-11-5-9(16)4-10(17)6-11/h4-6,12-13,22H,2-3,7H2,1H3,(H,18,19,20)/t12-,13-/m1/s1. The van der Waals surface area contributed by atoms with Crippen molar-refractivity contribution in [2.45, 2.75) is 25.6 Å². The highest BCUT2D eigenvalue weighted by Crippen LogP contribution is 2.22. The van der Waals surface area contributed by atoms with Gasteiger partial charge in [0.25, 0.3) is 5.91 Å². The zero-order valence-corrected chi connectivity index (χ0v) is 12.9. The topological polar surface area (TPSA) is 91.3 Å². The summed E-state index contributed by atoms with van der Waals surface area (Å²) in [6, 6.07) is 2.84. The number of nitrogens with zero attached hydrogens (tertiary/aromatic N) is 3. The number of amides is 1. The van der Waals surface area contributed by atoms with Crippen LogP contribution >= 0.6 is 0 Å². The maximum Gasteiger partial charge on any atom is 0.276 e. The van der Waals surface area contributed by atoms with Crippen molar-refractivity contribution in [3.8, 4) is 5.75 Å². The van der Waals surface area contributed by atoms with E-state index in [4.69, 9.17) is 4.74 Å². The molecular formula is C15H16F2N4O3. The second-order valence-electron chi connectivity index (χ2n) is 5.63. The fourth-order valence-electron chi connectivity index (χ4n) is 2.64. The number of β-amino-alcohol motifs (C(OH)–C–C–N with tert-alkyl or cyclic N) is 1. The lowest BCUT2D eigenvalue weighted by atomic mass is 10.0. The Morgan fingerprint density at radius 2 is 2.04 bits per heavy atom. The number of benzene rings is 1. The fraction of sp³-hybridized carbons (Fsp3) is 0.400. The monoisotopic (exact) mass is 338 g/mol. The molecule has 0 saturated carbocycles. The quantitative estimate of drug-likeness (QED) is 0.873. The number of aromatic nitrogens is 3. The van der Waals surface area contributed by atoms with E-state index in [-0.39, 0.29) is 23.9 Å². The van der Waals surface area contributed by atoms with Gasteiger partial charge in [-0.1, -0.05) is 0 Å². The Morgan fingerprint density at radius 3 is 2.62 bits per heavy atom. The van der Waals surface area contributed by atoms with Gasteiger partial charge >= 0.3 is 0 Å². The van der Waals surface area contributed by atoms with Crippen molar-refractivity contribution in [1.82, 2.24) is 20.3 Å². The summed E-state index contributed by atoms with van der Waals surface area (Å²) in [4.78, 5) is 13.8. The highest BCUT2D eigenvalue weighted by Gasteiger charge is 2.33. The van der Waals surface area contributed by atoms with Crippen molar-refractivity contribution in [2.75, 3.05) is 13.1 Å². The Kier molecular flexibility index (Phi) is 4.43. The van der Waals surface area contributed by atoms with Gasteiger partial charge in [-0.25, -0.2) is 8.78 Å². The largest absolute Gasteiger partial charge is 0.487 e. The summed E-state index contributed by atoms with van der Waals surface area (Å²) >= 11 is 0. The minimum atomic E-state index is -0.985. The second-order valence-corrected chi connectivity index (χ2v) is 5.63. The maximum absolute atomic E-state index is 13.2. The van der Waals surface area contributed by atoms with Crippen molar-refractivity contribution in [3.05, 3.63) is 41.2 Å². The molecule has 1 aliphatic rings. The van der Waals surface area contributed by atoms with Gasteiger partial charge in [-0.15, -0.1) is 0 Å². The molecule has 2 heterocycles. The van der Waals surface area contributed by atoms with Gasteiger partial charge in [-0.2, -0.15) is 15.4 Å². The number of aliphatic hydroxyl groups excluding tert-OH is 1. The highest BCUT2D eigenvalue weighted by atomic mass is 19.1. The number of ether oxygens (including phenoxy) is 1. The molecular weight excluding hydrogens is 322 g/mol. The molecule has 1 amide bonds. The minimum absolute atomic E-state index is 0.00340. The van der Waals surface area contributed by atoms with Crippen molar-refractivity contribution in [2.24, 2.45) is 0 Å². The van der Waals surface area contributed by atoms with E-state index < -0.39 is 23.8 Å². The lowest BCUT2D eigenvalue weighted by Crippen LogP contribution is -2.51. The molecule has 2 N–H and O–H groups in total. The first-order valence-corrected chi connectivity index (χ1v) is 7.41. The van der Waals surface area contributed by atoms with Crippen LogP contribution in [0.1, 0.15) is 22.6 Å². The number of carbonyl (C=O) groups excluding carboxylic acids is 1. The van der Waals surface area contributed by atoms with Crippen LogP contribution in [0.3, 0.4) is 0 Å². The van der Waals surface area contributed by atoms with E-state index in [0.717, 1.165) is 18.2 Å². The number of aliphatic hydroxyl groups is 1. The van der Waals surface area contributed by atoms with Gasteiger partial charge in [-0.05, 0) is 6.92 Å². The van der Waals surface area contributed by atoms with E-state index in [0.29, 0.717) is 18.7 Å². The molecule has 7 nitrogen and oxygen atoms in total. The molecule has 9 heteroatoms. The predicted molar refractivity (Wildman–Crippen MR) is 78.4 cm³/mol. The zero-order valence-electron chi connectivity index (χ0n) is 12.9. The molecule has 2 atom stereocenters. The molecule has 0 radical (unpaired) electrons. The third-order valence-corrected chi connectivity index (χ3v) is 3.86. The Labute approximate surface area is 136 Å². The van der Waals surface area contributed by atoms with Gasteiger partial charge in [-0.3, -0.25) is 4.79 Å². The molecule has 0 aliphatic carbocycles. The van der Waals surface area contributed by atoms with Crippen molar-refractivity contribution in [1.29, 1.82) is 0 Å². The average molecular weight is 338 g/mol. The summed E-state index contributed by atoms with van der Waals surface area (Å²) in [7, 11) is 0. The lowest BCUT2D eigenvalue weighted by Gasteiger charge is -2.35. The first-order chi connectivity index (χ1) is 11.4. The second kappa shape index (κ2) is 6.52. The molecule has 1 saturated heterocycles. The van der Waals surface area contributed by atoms with Crippen LogP contribution in [0.25, 0.3) is 0 Å². The average Bonchev–Trinajstić information content (AvgIpc) is 2.93. The van der Waals surface area contributed by atoms with Crippen LogP contribution in [0.5, 0.6) is 5.75 Å². The molecule has 2 aromatic rings. The number of piperidine rings is 1. The zero-order chi connectivity index (χ0) is 17.3. The van der Waals surface area contributed by atoms with Crippen LogP contribution in [-0.4, -0.2) is 56.6 Å². The molecule has 0 spiro atoms. The first kappa shape index (κ1) is 16.3. The van der Waals surface area contributed by atoms with Crippen molar-refractivity contribution < 1.29 is 23.4 Å². The molecule has 128 valence electrons. The Morgan fingerprint density at radius 1 is 1.33 bits per heavy atom. The molecule has 1 aromatic carbocycles. The number of nitrogens with one attached hydrogen (secondary N) is 1. The Hall–Kier alpha value is -2.55. The van der Waals surface area contributed by atoms with Gasteiger partial charge in [0.05, 0.1) is 12.2 Å². The van der Waals surface area contributed by atoms with Crippen LogP contribution in [0.15, 0.2) is 18.2 Å². The molecule has 3 rings (SSSR count). The van der Waals surface area contributed by atoms with Gasteiger partial charge in [0.2, 0.25) is 0 Å². The summed E-state index contributed by atoms with van der Waals surface area (Å²) in [5.41, 5.74) is 0.678. The number of rotatable bonds is 3. The SMILES string of the molecule is Cc1n[nH]nc1C(=O)N1CC[C@@H](Oc2cc(F)cc(F)c2)[C@H](O)C1. The molecule has 0 bridgehead atoms. The number of H-pyrrole nitrogens is 1. The molecule has 1 fully saturated rings. The van der Waals surface area contributed by atoms with E-state index >= 15 is 0 Å². The normalized spacial score (nSPS) is 20.9. The van der Waals surface area contributed by atoms with E-state index in [2.05, 4.69) is 15.4 Å². The van der Waals surface area contributed by atoms with Crippen LogP contribution in [-0.2, 0) is 0 Å². The molecule has 0 unspecified atom stereocenters.